The predicted octanol–water partition coefficient (Wildman–Crippen LogP) is 5.42. The number of aromatic nitrogens is 4. The molecule has 0 unspecified atom stereocenters. The minimum atomic E-state index is 0.0904. The fourth-order valence-electron chi connectivity index (χ4n) is 3.61. The molecule has 0 spiro atoms. The van der Waals surface area contributed by atoms with Crippen molar-refractivity contribution in [2.75, 3.05) is 5.75 Å². The minimum Gasteiger partial charge on any atom is -0.484 e. The zero-order valence-electron chi connectivity index (χ0n) is 17.7. The average Bonchev–Trinajstić information content (AvgIpc) is 3.46. The summed E-state index contributed by atoms with van der Waals surface area (Å²) in [5.41, 5.74) is 2.79. The van der Waals surface area contributed by atoms with Crippen LogP contribution in [0.5, 0.6) is 5.75 Å². The van der Waals surface area contributed by atoms with Gasteiger partial charge in [-0.25, -0.2) is 0 Å². The van der Waals surface area contributed by atoms with Gasteiger partial charge >= 0.3 is 0 Å². The number of benzene rings is 1. The first-order valence-corrected chi connectivity index (χ1v) is 11.6. The van der Waals surface area contributed by atoms with Crippen molar-refractivity contribution in [2.45, 2.75) is 51.0 Å². The lowest BCUT2D eigenvalue weighted by Crippen LogP contribution is -2.09. The Morgan fingerprint density at radius 1 is 1.32 bits per heavy atom. The zero-order valence-corrected chi connectivity index (χ0v) is 19.2. The Bertz CT molecular complexity index is 1120. The van der Waals surface area contributed by atoms with Gasteiger partial charge in [-0.1, -0.05) is 41.6 Å². The molecule has 8 heteroatoms. The maximum absolute atomic E-state index is 12.9. The van der Waals surface area contributed by atoms with Gasteiger partial charge < -0.3 is 9.30 Å². The molecule has 1 aromatic carbocycles. The highest BCUT2D eigenvalue weighted by molar-refractivity contribution is 7.99. The van der Waals surface area contributed by atoms with E-state index in [1.54, 1.807) is 6.07 Å². The smallest absolute Gasteiger partial charge is 0.192 e. The molecule has 0 radical (unpaired) electrons. The van der Waals surface area contributed by atoms with Gasteiger partial charge in [0.1, 0.15) is 12.4 Å². The van der Waals surface area contributed by atoms with Crippen molar-refractivity contribution < 1.29 is 9.53 Å². The van der Waals surface area contributed by atoms with Crippen LogP contribution < -0.4 is 4.74 Å². The SMILES string of the molecule is C=CCn1c(C)cc(C(=O)CSc2nnc(COc3ccccc3Cl)n2C2CC2)c1C. The van der Waals surface area contributed by atoms with E-state index in [0.717, 1.165) is 40.8 Å². The molecule has 4 rings (SSSR count). The number of hydrogen-bond acceptors (Lipinski definition) is 5. The van der Waals surface area contributed by atoms with Crippen LogP contribution in [0.3, 0.4) is 0 Å². The van der Waals surface area contributed by atoms with Gasteiger partial charge in [0.25, 0.3) is 0 Å². The number of carbonyl (C=O) groups is 1. The molecule has 2 aromatic heterocycles. The van der Waals surface area contributed by atoms with E-state index in [-0.39, 0.29) is 12.4 Å². The summed E-state index contributed by atoms with van der Waals surface area (Å²) in [7, 11) is 0. The number of halogens is 1. The van der Waals surface area contributed by atoms with Crippen LogP contribution >= 0.6 is 23.4 Å². The number of thioether (sulfide) groups is 1. The summed E-state index contributed by atoms with van der Waals surface area (Å²) in [6.45, 7) is 8.76. The maximum atomic E-state index is 12.9. The largest absolute Gasteiger partial charge is 0.484 e. The van der Waals surface area contributed by atoms with E-state index in [9.17, 15) is 4.79 Å². The standard InChI is InChI=1S/C23H25ClN4O2S/c1-4-11-27-15(2)12-18(16(27)3)20(29)14-31-23-26-25-22(28(23)17-9-10-17)13-30-21-8-6-5-7-19(21)24/h4-8,12,17H,1,9-11,13-14H2,2-3H3. The molecule has 0 bridgehead atoms. The van der Waals surface area contributed by atoms with Crippen molar-refractivity contribution >= 4 is 29.1 Å². The van der Waals surface area contributed by atoms with Crippen LogP contribution in [0.4, 0.5) is 0 Å². The van der Waals surface area contributed by atoms with E-state index in [2.05, 4.69) is 25.9 Å². The molecule has 1 fully saturated rings. The molecular formula is C23H25ClN4O2S. The fourth-order valence-corrected chi connectivity index (χ4v) is 4.71. The third-order valence-corrected chi connectivity index (χ3v) is 6.61. The van der Waals surface area contributed by atoms with Crippen LogP contribution in [0.15, 0.2) is 48.1 Å². The van der Waals surface area contributed by atoms with Crippen LogP contribution in [0.25, 0.3) is 0 Å². The summed E-state index contributed by atoms with van der Waals surface area (Å²) in [4.78, 5) is 12.9. The van der Waals surface area contributed by atoms with Gasteiger partial charge in [-0.15, -0.1) is 16.8 Å². The van der Waals surface area contributed by atoms with Crippen LogP contribution in [0.2, 0.25) is 5.02 Å². The number of allylic oxidation sites excluding steroid dienone is 1. The Hall–Kier alpha value is -2.51. The number of nitrogens with zero attached hydrogens (tertiary/aromatic N) is 4. The predicted molar refractivity (Wildman–Crippen MR) is 123 cm³/mol. The Balaban J connectivity index is 1.46. The molecule has 1 saturated carbocycles. The second-order valence-electron chi connectivity index (χ2n) is 7.62. The molecule has 0 N–H and O–H groups in total. The molecule has 0 atom stereocenters. The molecule has 1 aliphatic carbocycles. The van der Waals surface area contributed by atoms with Gasteiger partial charge in [0.05, 0.1) is 10.8 Å². The number of hydrogen-bond donors (Lipinski definition) is 0. The summed E-state index contributed by atoms with van der Waals surface area (Å²) in [6.07, 6.45) is 4.01. The second kappa shape index (κ2) is 9.32. The van der Waals surface area contributed by atoms with Crippen LogP contribution in [0.1, 0.15) is 46.5 Å². The Morgan fingerprint density at radius 3 is 2.81 bits per heavy atom. The molecule has 0 saturated heterocycles. The third-order valence-electron chi connectivity index (χ3n) is 5.36. The topological polar surface area (TPSA) is 61.9 Å². The fraction of sp³-hybridized carbons (Fsp3) is 0.348. The van der Waals surface area contributed by atoms with Gasteiger partial charge in [0.2, 0.25) is 0 Å². The summed E-state index contributed by atoms with van der Waals surface area (Å²) in [5.74, 6) is 1.78. The van der Waals surface area contributed by atoms with Gasteiger partial charge in [0.15, 0.2) is 16.8 Å². The van der Waals surface area contributed by atoms with Gasteiger partial charge in [-0.3, -0.25) is 9.36 Å². The van der Waals surface area contributed by atoms with Crippen molar-refractivity contribution in [1.82, 2.24) is 19.3 Å². The highest BCUT2D eigenvalue weighted by Crippen LogP contribution is 2.39. The van der Waals surface area contributed by atoms with Crippen LogP contribution in [0, 0.1) is 13.8 Å². The molecule has 1 aliphatic rings. The zero-order chi connectivity index (χ0) is 22.0. The van der Waals surface area contributed by atoms with Crippen molar-refractivity contribution in [3.63, 3.8) is 0 Å². The highest BCUT2D eigenvalue weighted by Gasteiger charge is 2.30. The number of rotatable bonds is 10. The Morgan fingerprint density at radius 2 is 2.10 bits per heavy atom. The van der Waals surface area contributed by atoms with Crippen molar-refractivity contribution in [2.24, 2.45) is 0 Å². The lowest BCUT2D eigenvalue weighted by molar-refractivity contribution is 0.102. The van der Waals surface area contributed by atoms with Crippen LogP contribution in [-0.2, 0) is 13.2 Å². The van der Waals surface area contributed by atoms with Crippen molar-refractivity contribution in [3.8, 4) is 5.75 Å². The number of ketones is 1. The summed E-state index contributed by atoms with van der Waals surface area (Å²) >= 11 is 7.61. The highest BCUT2D eigenvalue weighted by atomic mass is 35.5. The molecule has 31 heavy (non-hydrogen) atoms. The minimum absolute atomic E-state index is 0.0904. The van der Waals surface area contributed by atoms with Crippen molar-refractivity contribution in [1.29, 1.82) is 0 Å². The summed E-state index contributed by atoms with van der Waals surface area (Å²) in [5, 5.41) is 10.00. The van der Waals surface area contributed by atoms with E-state index in [0.29, 0.717) is 29.1 Å². The second-order valence-corrected chi connectivity index (χ2v) is 8.96. The van der Waals surface area contributed by atoms with E-state index >= 15 is 0 Å². The Kier molecular flexibility index (Phi) is 6.53. The van der Waals surface area contributed by atoms with E-state index in [1.165, 1.54) is 11.8 Å². The average molecular weight is 457 g/mol. The number of ether oxygens (including phenoxy) is 1. The Labute approximate surface area is 191 Å². The maximum Gasteiger partial charge on any atom is 0.192 e. The lowest BCUT2D eigenvalue weighted by atomic mass is 10.2. The first-order chi connectivity index (χ1) is 15.0. The molecular weight excluding hydrogens is 432 g/mol. The van der Waals surface area contributed by atoms with Gasteiger partial charge in [0, 0.05) is 29.5 Å². The van der Waals surface area contributed by atoms with Crippen molar-refractivity contribution in [3.05, 3.63) is 70.8 Å². The molecule has 3 aromatic rings. The first kappa shape index (κ1) is 21.7. The van der Waals surface area contributed by atoms with Gasteiger partial charge in [-0.2, -0.15) is 0 Å². The number of Topliss-reactive ketones (excluding diaryl/α,β-unsaturated/α-hetero) is 1. The lowest BCUT2D eigenvalue weighted by Gasteiger charge is -2.10. The third kappa shape index (κ3) is 4.72. The normalized spacial score (nSPS) is 13.4. The van der Waals surface area contributed by atoms with Gasteiger partial charge in [-0.05, 0) is 44.9 Å². The first-order valence-electron chi connectivity index (χ1n) is 10.2. The monoisotopic (exact) mass is 456 g/mol. The van der Waals surface area contributed by atoms with E-state index in [1.807, 2.05) is 44.2 Å². The molecule has 2 heterocycles. The molecule has 0 aliphatic heterocycles. The van der Waals surface area contributed by atoms with E-state index < -0.39 is 0 Å². The molecule has 162 valence electrons. The van der Waals surface area contributed by atoms with E-state index in [4.69, 9.17) is 16.3 Å². The molecule has 0 amide bonds. The number of carbonyl (C=O) groups excluding carboxylic acids is 1. The molecule has 6 nitrogen and oxygen atoms in total. The number of aryl methyl sites for hydroxylation is 1. The van der Waals surface area contributed by atoms with Crippen LogP contribution in [-0.4, -0.2) is 30.9 Å². The summed E-state index contributed by atoms with van der Waals surface area (Å²) in [6, 6.07) is 9.69. The quantitative estimate of drug-likeness (QED) is 0.231. The summed E-state index contributed by atoms with van der Waals surface area (Å²) < 4.78 is 10.1. The number of para-hydroxylation sites is 1.